The number of benzene rings is 4. The van der Waals surface area contributed by atoms with Gasteiger partial charge in [0.15, 0.2) is 0 Å². The molecule has 0 aliphatic rings. The number of carbonyl (C=O) groups excluding carboxylic acids is 2. The van der Waals surface area contributed by atoms with E-state index in [-0.39, 0.29) is 23.8 Å². The second kappa shape index (κ2) is 15.9. The molecule has 0 aliphatic heterocycles. The van der Waals surface area contributed by atoms with Crippen LogP contribution in [-0.4, -0.2) is 44.3 Å². The molecule has 0 aliphatic carbocycles. The van der Waals surface area contributed by atoms with E-state index in [1.54, 1.807) is 60.7 Å². The second-order valence-electron chi connectivity index (χ2n) is 10.3. The number of halogens is 2. The minimum atomic E-state index is -4.15. The summed E-state index contributed by atoms with van der Waals surface area (Å²) in [6.45, 7) is 2.03. The van der Waals surface area contributed by atoms with Gasteiger partial charge in [-0.15, -0.1) is 0 Å². The Morgan fingerprint density at radius 3 is 2.14 bits per heavy atom. The van der Waals surface area contributed by atoms with Crippen molar-refractivity contribution < 1.29 is 18.0 Å². The third kappa shape index (κ3) is 8.94. The maximum atomic E-state index is 14.4. The molecule has 0 unspecified atom stereocenters. The van der Waals surface area contributed by atoms with Gasteiger partial charge in [0.05, 0.1) is 10.6 Å². The van der Waals surface area contributed by atoms with Gasteiger partial charge < -0.3 is 10.2 Å². The molecule has 0 heterocycles. The van der Waals surface area contributed by atoms with Crippen LogP contribution in [0.15, 0.2) is 119 Å². The molecule has 44 heavy (non-hydrogen) atoms. The summed E-state index contributed by atoms with van der Waals surface area (Å²) in [7, 11) is -4.15. The van der Waals surface area contributed by atoms with Crippen LogP contribution in [0.1, 0.15) is 30.9 Å². The lowest BCUT2D eigenvalue weighted by atomic mass is 10.0. The minimum Gasteiger partial charge on any atom is -0.354 e. The summed E-state index contributed by atoms with van der Waals surface area (Å²) in [5.74, 6) is -0.835. The van der Waals surface area contributed by atoms with E-state index in [1.807, 2.05) is 43.3 Å². The summed E-state index contributed by atoms with van der Waals surface area (Å²) in [6, 6.07) is 30.3. The first kappa shape index (κ1) is 33.2. The summed E-state index contributed by atoms with van der Waals surface area (Å²) < 4.78 is 29.8. The summed E-state index contributed by atoms with van der Waals surface area (Å²) in [6.07, 6.45) is 1.93. The smallest absolute Gasteiger partial charge is 0.264 e. The Morgan fingerprint density at radius 2 is 1.50 bits per heavy atom. The fourth-order valence-corrected chi connectivity index (χ4v) is 6.66. The SMILES string of the molecule is CCCCNC(=O)[C@H](Cc1ccccc1)N(Cc1cccc(Cl)c1)C(=O)CN(c1ccc(Br)cc1)S(=O)(=O)c1ccccc1. The Labute approximate surface area is 273 Å². The van der Waals surface area contributed by atoms with Crippen LogP contribution in [0.4, 0.5) is 5.69 Å². The van der Waals surface area contributed by atoms with Gasteiger partial charge in [0.25, 0.3) is 10.0 Å². The summed E-state index contributed by atoms with van der Waals surface area (Å²) >= 11 is 9.70. The zero-order chi connectivity index (χ0) is 31.5. The number of unbranched alkanes of at least 4 members (excludes halogenated alkanes) is 1. The van der Waals surface area contributed by atoms with E-state index in [4.69, 9.17) is 11.6 Å². The van der Waals surface area contributed by atoms with Crippen molar-refractivity contribution in [1.82, 2.24) is 10.2 Å². The van der Waals surface area contributed by atoms with Crippen LogP contribution in [0.5, 0.6) is 0 Å². The number of hydrogen-bond donors (Lipinski definition) is 1. The molecule has 0 aromatic heterocycles. The van der Waals surface area contributed by atoms with E-state index >= 15 is 0 Å². The van der Waals surface area contributed by atoms with E-state index in [9.17, 15) is 18.0 Å². The van der Waals surface area contributed by atoms with Crippen LogP contribution >= 0.6 is 27.5 Å². The van der Waals surface area contributed by atoms with Crippen molar-refractivity contribution >= 4 is 55.1 Å². The second-order valence-corrected chi connectivity index (χ2v) is 13.5. The fraction of sp³-hybridized carbons (Fsp3) is 0.235. The third-order valence-electron chi connectivity index (χ3n) is 7.07. The van der Waals surface area contributed by atoms with Gasteiger partial charge >= 0.3 is 0 Å². The first-order chi connectivity index (χ1) is 21.2. The average Bonchev–Trinajstić information content (AvgIpc) is 3.03. The number of carbonyl (C=O) groups is 2. The minimum absolute atomic E-state index is 0.0512. The Hall–Kier alpha value is -3.66. The lowest BCUT2D eigenvalue weighted by Crippen LogP contribution is -2.53. The lowest BCUT2D eigenvalue weighted by molar-refractivity contribution is -0.140. The predicted octanol–water partition coefficient (Wildman–Crippen LogP) is 6.85. The summed E-state index contributed by atoms with van der Waals surface area (Å²) in [5, 5.41) is 3.48. The number of amides is 2. The largest absolute Gasteiger partial charge is 0.354 e. The molecule has 2 amide bonds. The van der Waals surface area contributed by atoms with Crippen LogP contribution in [0, 0.1) is 0 Å². The number of nitrogens with one attached hydrogen (secondary N) is 1. The van der Waals surface area contributed by atoms with Gasteiger partial charge in [0, 0.05) is 29.0 Å². The van der Waals surface area contributed by atoms with Gasteiger partial charge in [-0.1, -0.05) is 102 Å². The highest BCUT2D eigenvalue weighted by atomic mass is 79.9. The van der Waals surface area contributed by atoms with Crippen molar-refractivity contribution in [3.8, 4) is 0 Å². The molecule has 0 bridgehead atoms. The molecule has 4 aromatic rings. The van der Waals surface area contributed by atoms with Crippen LogP contribution in [0.25, 0.3) is 0 Å². The number of hydrogen-bond acceptors (Lipinski definition) is 4. The Bertz CT molecular complexity index is 1640. The molecule has 0 saturated carbocycles. The fourth-order valence-electron chi connectivity index (χ4n) is 4.75. The standard InChI is InChI=1S/C34H35BrClN3O4S/c1-2-3-21-37-34(41)32(23-26-11-6-4-7-12-26)38(24-27-13-10-14-29(36)22-27)33(40)25-39(30-19-17-28(35)18-20-30)44(42,43)31-15-8-5-9-16-31/h4-20,22,32H,2-3,21,23-25H2,1H3,(H,37,41)/t32-/m0/s1. The van der Waals surface area contributed by atoms with Crippen molar-refractivity contribution in [2.75, 3.05) is 17.4 Å². The van der Waals surface area contributed by atoms with Crippen LogP contribution in [0.2, 0.25) is 5.02 Å². The molecular weight excluding hydrogens is 662 g/mol. The molecule has 1 N–H and O–H groups in total. The maximum Gasteiger partial charge on any atom is 0.264 e. The number of anilines is 1. The topological polar surface area (TPSA) is 86.8 Å². The normalized spacial score (nSPS) is 11.9. The van der Waals surface area contributed by atoms with Gasteiger partial charge in [0.2, 0.25) is 11.8 Å². The van der Waals surface area contributed by atoms with Gasteiger partial charge in [0.1, 0.15) is 12.6 Å². The van der Waals surface area contributed by atoms with Crippen LogP contribution in [0.3, 0.4) is 0 Å². The third-order valence-corrected chi connectivity index (χ3v) is 9.62. The molecule has 4 rings (SSSR count). The average molecular weight is 697 g/mol. The number of sulfonamides is 1. The zero-order valence-electron chi connectivity index (χ0n) is 24.4. The Balaban J connectivity index is 1.78. The molecule has 0 spiro atoms. The highest BCUT2D eigenvalue weighted by molar-refractivity contribution is 9.10. The van der Waals surface area contributed by atoms with Crippen LogP contribution in [-0.2, 0) is 32.6 Å². The van der Waals surface area contributed by atoms with E-state index in [1.165, 1.54) is 17.0 Å². The first-order valence-electron chi connectivity index (χ1n) is 14.4. The number of nitrogens with zero attached hydrogens (tertiary/aromatic N) is 2. The predicted molar refractivity (Wildman–Crippen MR) is 179 cm³/mol. The monoisotopic (exact) mass is 695 g/mol. The number of rotatable bonds is 14. The Morgan fingerprint density at radius 1 is 0.864 bits per heavy atom. The molecule has 0 fully saturated rings. The van der Waals surface area contributed by atoms with Crippen molar-refractivity contribution in [1.29, 1.82) is 0 Å². The summed E-state index contributed by atoms with van der Waals surface area (Å²) in [4.78, 5) is 29.7. The molecule has 230 valence electrons. The molecule has 1 atom stereocenters. The van der Waals surface area contributed by atoms with Gasteiger partial charge in [-0.2, -0.15) is 0 Å². The van der Waals surface area contributed by atoms with Crippen molar-refractivity contribution in [2.45, 2.75) is 43.7 Å². The quantitative estimate of drug-likeness (QED) is 0.146. The van der Waals surface area contributed by atoms with Crippen LogP contribution < -0.4 is 9.62 Å². The van der Waals surface area contributed by atoms with Gasteiger partial charge in [-0.25, -0.2) is 8.42 Å². The van der Waals surface area contributed by atoms with E-state index in [0.717, 1.165) is 27.2 Å². The van der Waals surface area contributed by atoms with Crippen molar-refractivity contribution in [2.24, 2.45) is 0 Å². The summed E-state index contributed by atoms with van der Waals surface area (Å²) in [5.41, 5.74) is 1.90. The first-order valence-corrected chi connectivity index (χ1v) is 17.0. The van der Waals surface area contributed by atoms with Crippen molar-refractivity contribution in [3.05, 3.63) is 130 Å². The molecular formula is C34H35BrClN3O4S. The molecule has 0 saturated heterocycles. The highest BCUT2D eigenvalue weighted by Crippen LogP contribution is 2.26. The van der Waals surface area contributed by atoms with Crippen molar-refractivity contribution in [3.63, 3.8) is 0 Å². The van der Waals surface area contributed by atoms with E-state index < -0.39 is 28.5 Å². The molecule has 10 heteroatoms. The van der Waals surface area contributed by atoms with Gasteiger partial charge in [-0.3, -0.25) is 13.9 Å². The lowest BCUT2D eigenvalue weighted by Gasteiger charge is -2.34. The highest BCUT2D eigenvalue weighted by Gasteiger charge is 2.34. The molecule has 0 radical (unpaired) electrons. The van der Waals surface area contributed by atoms with E-state index in [0.29, 0.717) is 22.8 Å². The maximum absolute atomic E-state index is 14.4. The van der Waals surface area contributed by atoms with Gasteiger partial charge in [-0.05, 0) is 66.1 Å². The molecule has 4 aromatic carbocycles. The van der Waals surface area contributed by atoms with E-state index in [2.05, 4.69) is 21.2 Å². The molecule has 7 nitrogen and oxygen atoms in total. The Kier molecular flexibility index (Phi) is 12.0. The zero-order valence-corrected chi connectivity index (χ0v) is 27.6.